The van der Waals surface area contributed by atoms with Gasteiger partial charge in [0, 0.05) is 6.54 Å². The number of hydrogen-bond donors (Lipinski definition) is 2. The van der Waals surface area contributed by atoms with Gasteiger partial charge in [-0.2, -0.15) is 0 Å². The highest BCUT2D eigenvalue weighted by molar-refractivity contribution is 7.18. The molecule has 1 aromatic heterocycles. The lowest BCUT2D eigenvalue weighted by Crippen LogP contribution is -2.24. The number of thiazole rings is 1. The molecule has 2 N–H and O–H groups in total. The lowest BCUT2D eigenvalue weighted by Gasteiger charge is -2.05. The van der Waals surface area contributed by atoms with Crippen molar-refractivity contribution in [1.82, 2.24) is 10.3 Å². The van der Waals surface area contributed by atoms with E-state index in [1.807, 2.05) is 18.2 Å². The van der Waals surface area contributed by atoms with Crippen molar-refractivity contribution >= 4 is 44.2 Å². The van der Waals surface area contributed by atoms with Crippen molar-refractivity contribution in [1.29, 1.82) is 0 Å². The SMILES string of the molecule is O=C(Cc1nc2ccc(-c3ccc4ccccc4c3)cc2s1)NCc1cccc(C(=O)O)c1. The van der Waals surface area contributed by atoms with Gasteiger partial charge in [0.2, 0.25) is 5.91 Å². The maximum absolute atomic E-state index is 12.4. The van der Waals surface area contributed by atoms with Gasteiger partial charge in [0.1, 0.15) is 5.01 Å². The second-order valence-electron chi connectivity index (χ2n) is 7.81. The number of carboxylic acid groups (broad SMARTS) is 1. The number of carboxylic acids is 1. The Bertz CT molecular complexity index is 1510. The Morgan fingerprint density at radius 2 is 1.64 bits per heavy atom. The fraction of sp³-hybridized carbons (Fsp3) is 0.0741. The molecule has 0 aliphatic heterocycles. The number of fused-ring (bicyclic) bond motifs is 2. The molecule has 5 rings (SSSR count). The molecule has 1 heterocycles. The van der Waals surface area contributed by atoms with Crippen molar-refractivity contribution in [2.75, 3.05) is 0 Å². The van der Waals surface area contributed by atoms with E-state index >= 15 is 0 Å². The summed E-state index contributed by atoms with van der Waals surface area (Å²) in [5.41, 5.74) is 4.09. The molecule has 0 unspecified atom stereocenters. The summed E-state index contributed by atoms with van der Waals surface area (Å²) in [6.45, 7) is 0.275. The zero-order valence-corrected chi connectivity index (χ0v) is 18.4. The minimum atomic E-state index is -0.985. The molecule has 0 saturated carbocycles. The van der Waals surface area contributed by atoms with Crippen LogP contribution in [0.15, 0.2) is 84.9 Å². The van der Waals surface area contributed by atoms with Gasteiger partial charge in [0.25, 0.3) is 0 Å². The van der Waals surface area contributed by atoms with Crippen LogP contribution in [-0.2, 0) is 17.8 Å². The van der Waals surface area contributed by atoms with E-state index in [-0.39, 0.29) is 24.4 Å². The fourth-order valence-corrected chi connectivity index (χ4v) is 4.82. The van der Waals surface area contributed by atoms with E-state index < -0.39 is 5.97 Å². The zero-order chi connectivity index (χ0) is 22.8. The monoisotopic (exact) mass is 452 g/mol. The van der Waals surface area contributed by atoms with Crippen molar-refractivity contribution < 1.29 is 14.7 Å². The van der Waals surface area contributed by atoms with Gasteiger partial charge in [-0.05, 0) is 57.8 Å². The Labute approximate surface area is 194 Å². The number of nitrogens with one attached hydrogen (secondary N) is 1. The van der Waals surface area contributed by atoms with Gasteiger partial charge in [-0.1, -0.05) is 54.6 Å². The van der Waals surface area contributed by atoms with E-state index in [0.29, 0.717) is 0 Å². The normalized spacial score (nSPS) is 11.0. The summed E-state index contributed by atoms with van der Waals surface area (Å²) in [4.78, 5) is 28.1. The number of amides is 1. The third-order valence-electron chi connectivity index (χ3n) is 5.49. The summed E-state index contributed by atoms with van der Waals surface area (Å²) in [6, 6.07) is 27.5. The highest BCUT2D eigenvalue weighted by Gasteiger charge is 2.11. The van der Waals surface area contributed by atoms with Crippen LogP contribution >= 0.6 is 11.3 Å². The van der Waals surface area contributed by atoms with Crippen molar-refractivity contribution in [3.63, 3.8) is 0 Å². The standard InChI is InChI=1S/C27H20N2O3S/c30-25(28-16-17-4-3-7-22(12-17)27(31)32)15-26-29-23-11-10-21(14-24(23)33-26)20-9-8-18-5-1-2-6-19(18)13-20/h1-14H,15-16H2,(H,28,30)(H,31,32). The largest absolute Gasteiger partial charge is 0.478 e. The highest BCUT2D eigenvalue weighted by Crippen LogP contribution is 2.30. The van der Waals surface area contributed by atoms with Gasteiger partial charge in [0.05, 0.1) is 22.2 Å². The molecule has 0 aliphatic rings. The fourth-order valence-electron chi connectivity index (χ4n) is 3.81. The third-order valence-corrected chi connectivity index (χ3v) is 6.51. The smallest absolute Gasteiger partial charge is 0.335 e. The molecule has 0 radical (unpaired) electrons. The Morgan fingerprint density at radius 1 is 0.848 bits per heavy atom. The van der Waals surface area contributed by atoms with Crippen LogP contribution in [0.3, 0.4) is 0 Å². The zero-order valence-electron chi connectivity index (χ0n) is 17.6. The molecule has 5 nitrogen and oxygen atoms in total. The van der Waals surface area contributed by atoms with Gasteiger partial charge in [0.15, 0.2) is 0 Å². The first kappa shape index (κ1) is 20.8. The molecule has 162 valence electrons. The first-order valence-electron chi connectivity index (χ1n) is 10.5. The molecule has 0 bridgehead atoms. The second-order valence-corrected chi connectivity index (χ2v) is 8.93. The summed E-state index contributed by atoms with van der Waals surface area (Å²) in [5.74, 6) is -1.13. The summed E-state index contributed by atoms with van der Waals surface area (Å²) in [6.07, 6.45) is 0.184. The predicted octanol–water partition coefficient (Wildman–Crippen LogP) is 5.67. The number of carbonyl (C=O) groups is 2. The Morgan fingerprint density at radius 3 is 2.48 bits per heavy atom. The van der Waals surface area contributed by atoms with Crippen molar-refractivity contribution in [3.05, 3.63) is 101 Å². The summed E-state index contributed by atoms with van der Waals surface area (Å²) in [5, 5.41) is 15.1. The lowest BCUT2D eigenvalue weighted by molar-refractivity contribution is -0.120. The van der Waals surface area contributed by atoms with Gasteiger partial charge in [-0.3, -0.25) is 4.79 Å². The molecule has 1 amide bonds. The maximum atomic E-state index is 12.4. The topological polar surface area (TPSA) is 79.3 Å². The van der Waals surface area contributed by atoms with Crippen molar-refractivity contribution in [3.8, 4) is 11.1 Å². The molecular weight excluding hydrogens is 432 g/mol. The van der Waals surface area contributed by atoms with Crippen LogP contribution in [0.1, 0.15) is 20.9 Å². The molecule has 0 fully saturated rings. The van der Waals surface area contributed by atoms with Crippen LogP contribution in [0.4, 0.5) is 0 Å². The van der Waals surface area contributed by atoms with E-state index in [1.165, 1.54) is 28.2 Å². The van der Waals surface area contributed by atoms with Crippen LogP contribution in [-0.4, -0.2) is 22.0 Å². The molecule has 33 heavy (non-hydrogen) atoms. The van der Waals surface area contributed by atoms with Crippen LogP contribution in [0.5, 0.6) is 0 Å². The van der Waals surface area contributed by atoms with Gasteiger partial charge in [-0.15, -0.1) is 11.3 Å². The van der Waals surface area contributed by atoms with Gasteiger partial charge < -0.3 is 10.4 Å². The molecule has 4 aromatic carbocycles. The minimum Gasteiger partial charge on any atom is -0.478 e. The number of aromatic nitrogens is 1. The highest BCUT2D eigenvalue weighted by atomic mass is 32.1. The minimum absolute atomic E-state index is 0.149. The molecule has 0 aliphatic carbocycles. The van der Waals surface area contributed by atoms with E-state index in [9.17, 15) is 9.59 Å². The molecule has 0 atom stereocenters. The Balaban J connectivity index is 1.29. The summed E-state index contributed by atoms with van der Waals surface area (Å²) in [7, 11) is 0. The van der Waals surface area contributed by atoms with Gasteiger partial charge >= 0.3 is 5.97 Å². The molecular formula is C27H20N2O3S. The number of carbonyl (C=O) groups excluding carboxylic acids is 1. The molecule has 0 spiro atoms. The van der Waals surface area contributed by atoms with E-state index in [4.69, 9.17) is 5.11 Å². The average molecular weight is 453 g/mol. The van der Waals surface area contributed by atoms with E-state index in [2.05, 4.69) is 52.8 Å². The number of hydrogen-bond acceptors (Lipinski definition) is 4. The maximum Gasteiger partial charge on any atom is 0.335 e. The quantitative estimate of drug-likeness (QED) is 0.348. The molecule has 5 aromatic rings. The van der Waals surface area contributed by atoms with Crippen LogP contribution < -0.4 is 5.32 Å². The van der Waals surface area contributed by atoms with Crippen LogP contribution in [0, 0.1) is 0 Å². The Kier molecular flexibility index (Phi) is 5.59. The number of benzene rings is 4. The molecule has 0 saturated heterocycles. The van der Waals surface area contributed by atoms with E-state index in [0.717, 1.165) is 31.9 Å². The van der Waals surface area contributed by atoms with Gasteiger partial charge in [-0.25, -0.2) is 9.78 Å². The first-order chi connectivity index (χ1) is 16.0. The summed E-state index contributed by atoms with van der Waals surface area (Å²) >= 11 is 1.52. The Hall–Kier alpha value is -4.03. The van der Waals surface area contributed by atoms with E-state index in [1.54, 1.807) is 18.2 Å². The second kappa shape index (κ2) is 8.84. The molecule has 6 heteroatoms. The first-order valence-corrected chi connectivity index (χ1v) is 11.3. The third kappa shape index (κ3) is 4.61. The average Bonchev–Trinajstić information content (AvgIpc) is 3.24. The number of nitrogens with zero attached hydrogens (tertiary/aromatic N) is 1. The summed E-state index contributed by atoms with van der Waals surface area (Å²) < 4.78 is 1.04. The lowest BCUT2D eigenvalue weighted by atomic mass is 10.0. The number of aromatic carboxylic acids is 1. The van der Waals surface area contributed by atoms with Crippen LogP contribution in [0.2, 0.25) is 0 Å². The predicted molar refractivity (Wildman–Crippen MR) is 132 cm³/mol. The number of rotatable bonds is 6. The van der Waals surface area contributed by atoms with Crippen LogP contribution in [0.25, 0.3) is 32.1 Å². The van der Waals surface area contributed by atoms with Crippen molar-refractivity contribution in [2.24, 2.45) is 0 Å². The van der Waals surface area contributed by atoms with Crippen molar-refractivity contribution in [2.45, 2.75) is 13.0 Å².